The van der Waals surface area contributed by atoms with Crippen molar-refractivity contribution < 1.29 is 38.7 Å². The van der Waals surface area contributed by atoms with Crippen molar-refractivity contribution in [3.8, 4) is 0 Å². The molecule has 1 fully saturated rings. The van der Waals surface area contributed by atoms with Crippen molar-refractivity contribution in [2.45, 2.75) is 38.9 Å². The molecule has 0 aromatic heterocycles. The largest absolute Gasteiger partial charge is 0.466 e. The van der Waals surface area contributed by atoms with Gasteiger partial charge in [0.1, 0.15) is 0 Å². The zero-order valence-electron chi connectivity index (χ0n) is 14.3. The van der Waals surface area contributed by atoms with Crippen LogP contribution in [0.4, 0.5) is 0 Å². The second kappa shape index (κ2) is 11.4. The average Bonchev–Trinajstić information content (AvgIpc) is 2.56. The van der Waals surface area contributed by atoms with Crippen molar-refractivity contribution in [2.24, 2.45) is 11.8 Å². The van der Waals surface area contributed by atoms with Gasteiger partial charge >= 0.3 is 11.9 Å². The van der Waals surface area contributed by atoms with Gasteiger partial charge in [-0.1, -0.05) is 0 Å². The fourth-order valence-corrected chi connectivity index (χ4v) is 2.77. The van der Waals surface area contributed by atoms with E-state index < -0.39 is 36.0 Å². The molecule has 140 valence electrons. The Balaban J connectivity index is 2.65. The maximum Gasteiger partial charge on any atom is 0.309 e. The molecule has 8 heteroatoms. The average molecular weight is 348 g/mol. The monoisotopic (exact) mass is 348 g/mol. The highest BCUT2D eigenvalue weighted by molar-refractivity contribution is 5.82. The van der Waals surface area contributed by atoms with E-state index in [1.807, 2.05) is 0 Å². The molecule has 0 amide bonds. The summed E-state index contributed by atoms with van der Waals surface area (Å²) in [5.74, 6) is -2.41. The van der Waals surface area contributed by atoms with E-state index in [0.717, 1.165) is 0 Å². The molecule has 1 rings (SSSR count). The van der Waals surface area contributed by atoms with Gasteiger partial charge < -0.3 is 29.2 Å². The predicted molar refractivity (Wildman–Crippen MR) is 83.1 cm³/mol. The van der Waals surface area contributed by atoms with Crippen LogP contribution in [-0.2, 0) is 28.5 Å². The molecular weight excluding hydrogens is 320 g/mol. The summed E-state index contributed by atoms with van der Waals surface area (Å²) in [6.45, 7) is 4.45. The highest BCUT2D eigenvalue weighted by Gasteiger charge is 2.45. The van der Waals surface area contributed by atoms with Crippen LogP contribution in [0.1, 0.15) is 26.7 Å². The SMILES string of the molecule is CCOC(=O)[C@@H]1C[C@@H](O)[C@H](OCCOCCO)C[C@H]1C(=O)OCC. The van der Waals surface area contributed by atoms with E-state index in [1.54, 1.807) is 13.8 Å². The lowest BCUT2D eigenvalue weighted by atomic mass is 9.76. The molecule has 1 saturated carbocycles. The quantitative estimate of drug-likeness (QED) is 0.416. The lowest BCUT2D eigenvalue weighted by Crippen LogP contribution is -2.47. The molecule has 24 heavy (non-hydrogen) atoms. The lowest BCUT2D eigenvalue weighted by Gasteiger charge is -2.36. The molecule has 0 aromatic rings. The van der Waals surface area contributed by atoms with Gasteiger partial charge in [0.15, 0.2) is 0 Å². The summed E-state index contributed by atoms with van der Waals surface area (Å²) in [6.07, 6.45) is -1.18. The summed E-state index contributed by atoms with van der Waals surface area (Å²) < 4.78 is 20.7. The molecule has 0 spiro atoms. The highest BCUT2D eigenvalue weighted by atomic mass is 16.5. The van der Waals surface area contributed by atoms with Gasteiger partial charge in [0.25, 0.3) is 0 Å². The molecule has 0 aromatic carbocycles. The van der Waals surface area contributed by atoms with Crippen molar-refractivity contribution in [3.63, 3.8) is 0 Å². The third kappa shape index (κ3) is 6.35. The van der Waals surface area contributed by atoms with Crippen molar-refractivity contribution in [3.05, 3.63) is 0 Å². The number of esters is 2. The molecule has 0 saturated heterocycles. The van der Waals surface area contributed by atoms with Crippen LogP contribution in [0.5, 0.6) is 0 Å². The highest BCUT2D eigenvalue weighted by Crippen LogP contribution is 2.34. The third-order valence-electron chi connectivity index (χ3n) is 3.87. The summed E-state index contributed by atoms with van der Waals surface area (Å²) in [6, 6.07) is 0. The van der Waals surface area contributed by atoms with Crippen LogP contribution >= 0.6 is 0 Å². The van der Waals surface area contributed by atoms with Gasteiger partial charge in [-0.05, 0) is 26.7 Å². The molecule has 8 nitrogen and oxygen atoms in total. The van der Waals surface area contributed by atoms with Crippen LogP contribution in [-0.4, -0.2) is 74.0 Å². The number of carbonyl (C=O) groups excluding carboxylic acids is 2. The smallest absolute Gasteiger partial charge is 0.309 e. The molecule has 0 aliphatic heterocycles. The Morgan fingerprint density at radius 3 is 2.08 bits per heavy atom. The van der Waals surface area contributed by atoms with Crippen LogP contribution in [0.25, 0.3) is 0 Å². The normalized spacial score (nSPS) is 26.8. The number of hydrogen-bond donors (Lipinski definition) is 2. The molecule has 0 unspecified atom stereocenters. The van der Waals surface area contributed by atoms with Gasteiger partial charge in [0.05, 0.1) is 63.7 Å². The topological polar surface area (TPSA) is 112 Å². The maximum absolute atomic E-state index is 12.2. The summed E-state index contributed by atoms with van der Waals surface area (Å²) in [5, 5.41) is 18.8. The number of carbonyl (C=O) groups is 2. The molecular formula is C16H28O8. The van der Waals surface area contributed by atoms with Crippen LogP contribution in [0.2, 0.25) is 0 Å². The standard InChI is InChI=1S/C16H28O8/c1-3-22-15(19)11-9-13(18)14(24-8-7-21-6-5-17)10-12(11)16(20)23-4-2/h11-14,17-18H,3-10H2,1-2H3/t11-,12-,13-,14-/m1/s1. The van der Waals surface area contributed by atoms with Gasteiger partial charge in [-0.2, -0.15) is 0 Å². The Kier molecular flexibility index (Phi) is 9.85. The maximum atomic E-state index is 12.2. The molecule has 1 aliphatic rings. The fourth-order valence-electron chi connectivity index (χ4n) is 2.77. The number of rotatable bonds is 10. The Morgan fingerprint density at radius 2 is 1.54 bits per heavy atom. The zero-order chi connectivity index (χ0) is 17.9. The van der Waals surface area contributed by atoms with Crippen molar-refractivity contribution in [1.29, 1.82) is 0 Å². The van der Waals surface area contributed by atoms with Gasteiger partial charge in [0, 0.05) is 0 Å². The fraction of sp³-hybridized carbons (Fsp3) is 0.875. The first-order chi connectivity index (χ1) is 11.5. The number of aliphatic hydroxyl groups is 2. The lowest BCUT2D eigenvalue weighted by molar-refractivity contribution is -0.172. The van der Waals surface area contributed by atoms with Crippen LogP contribution < -0.4 is 0 Å². The summed E-state index contributed by atoms with van der Waals surface area (Å²) in [5.41, 5.74) is 0. The molecule has 2 N–H and O–H groups in total. The Bertz CT molecular complexity index is 386. The number of aliphatic hydroxyl groups excluding tert-OH is 2. The van der Waals surface area contributed by atoms with E-state index >= 15 is 0 Å². The first-order valence-corrected chi connectivity index (χ1v) is 8.36. The number of ether oxygens (including phenoxy) is 4. The second-order valence-electron chi connectivity index (χ2n) is 5.50. The van der Waals surface area contributed by atoms with Crippen LogP contribution in [0, 0.1) is 11.8 Å². The Labute approximate surface area is 142 Å². The number of hydrogen-bond acceptors (Lipinski definition) is 8. The van der Waals surface area contributed by atoms with Crippen molar-refractivity contribution >= 4 is 11.9 Å². The van der Waals surface area contributed by atoms with E-state index in [1.165, 1.54) is 0 Å². The molecule has 4 atom stereocenters. The minimum absolute atomic E-state index is 0.0712. The first-order valence-electron chi connectivity index (χ1n) is 8.36. The minimum atomic E-state index is -0.872. The van der Waals surface area contributed by atoms with Gasteiger partial charge in [-0.25, -0.2) is 0 Å². The Hall–Kier alpha value is -1.22. The summed E-state index contributed by atoms with van der Waals surface area (Å²) in [7, 11) is 0. The molecule has 0 heterocycles. The third-order valence-corrected chi connectivity index (χ3v) is 3.87. The van der Waals surface area contributed by atoms with Gasteiger partial charge in [-0.15, -0.1) is 0 Å². The summed E-state index contributed by atoms with van der Waals surface area (Å²) in [4.78, 5) is 24.2. The first kappa shape index (κ1) is 20.8. The molecule has 0 radical (unpaired) electrons. The summed E-state index contributed by atoms with van der Waals surface area (Å²) >= 11 is 0. The van der Waals surface area contributed by atoms with Crippen molar-refractivity contribution in [2.75, 3.05) is 39.6 Å². The van der Waals surface area contributed by atoms with Crippen molar-refractivity contribution in [1.82, 2.24) is 0 Å². The van der Waals surface area contributed by atoms with E-state index in [9.17, 15) is 14.7 Å². The molecule has 0 bridgehead atoms. The van der Waals surface area contributed by atoms with E-state index in [0.29, 0.717) is 0 Å². The zero-order valence-corrected chi connectivity index (χ0v) is 14.3. The van der Waals surface area contributed by atoms with Gasteiger partial charge in [-0.3, -0.25) is 9.59 Å². The van der Waals surface area contributed by atoms with Crippen LogP contribution in [0.15, 0.2) is 0 Å². The second-order valence-corrected chi connectivity index (χ2v) is 5.50. The van der Waals surface area contributed by atoms with E-state index in [4.69, 9.17) is 24.1 Å². The minimum Gasteiger partial charge on any atom is -0.466 e. The van der Waals surface area contributed by atoms with E-state index in [-0.39, 0.29) is 52.5 Å². The van der Waals surface area contributed by atoms with Crippen LogP contribution in [0.3, 0.4) is 0 Å². The van der Waals surface area contributed by atoms with Gasteiger partial charge in [0.2, 0.25) is 0 Å². The predicted octanol–water partition coefficient (Wildman–Crippen LogP) is -0.106. The Morgan fingerprint density at radius 1 is 0.958 bits per heavy atom. The van der Waals surface area contributed by atoms with E-state index in [2.05, 4.69) is 0 Å². The molecule has 1 aliphatic carbocycles.